The molecule has 3 aromatic rings. The maximum absolute atomic E-state index is 13.0. The first-order valence-electron chi connectivity index (χ1n) is 11.1. The van der Waals surface area contributed by atoms with Gasteiger partial charge in [0.15, 0.2) is 0 Å². The molecular weight excluding hydrogens is 402 g/mol. The number of carbonyl (C=O) groups is 2. The molecule has 1 aliphatic heterocycles. The molecule has 7 heteroatoms. The predicted molar refractivity (Wildman–Crippen MR) is 129 cm³/mol. The maximum atomic E-state index is 13.0. The van der Waals surface area contributed by atoms with Gasteiger partial charge in [-0.15, -0.1) is 0 Å². The van der Waals surface area contributed by atoms with Gasteiger partial charge in [-0.3, -0.25) is 9.78 Å². The van der Waals surface area contributed by atoms with Crippen LogP contribution in [0.2, 0.25) is 0 Å². The number of pyridine rings is 1. The smallest absolute Gasteiger partial charge is 0.319 e. The van der Waals surface area contributed by atoms with Crippen LogP contribution in [0.3, 0.4) is 0 Å². The van der Waals surface area contributed by atoms with E-state index >= 15 is 0 Å². The van der Waals surface area contributed by atoms with Crippen LogP contribution in [0.25, 0.3) is 10.8 Å². The van der Waals surface area contributed by atoms with Crippen molar-refractivity contribution in [3.63, 3.8) is 0 Å². The Bertz CT molecular complexity index is 1120. The molecule has 0 bridgehead atoms. The highest BCUT2D eigenvalue weighted by Gasteiger charge is 2.16. The number of fused-ring (bicyclic) bond motifs is 1. The zero-order chi connectivity index (χ0) is 22.5. The standard InChI is InChI=1S/C25H29N5O2/c1-17(2)27-25(32)28-19-8-6-7-18(15-19)24(31)29-22-9-10-23(30-13-4-3-5-14-30)20-11-12-26-16-21(20)22/h6-12,15-17H,3-5,13-14H2,1-2H3,(H,29,31)(H2,27,28,32). The van der Waals surface area contributed by atoms with Crippen LogP contribution in [0, 0.1) is 0 Å². The summed E-state index contributed by atoms with van der Waals surface area (Å²) in [5.41, 5.74) is 2.92. The number of rotatable bonds is 5. The fraction of sp³-hybridized carbons (Fsp3) is 0.320. The Hall–Kier alpha value is -3.61. The van der Waals surface area contributed by atoms with Crippen molar-refractivity contribution in [1.82, 2.24) is 10.3 Å². The normalized spacial score (nSPS) is 13.8. The summed E-state index contributed by atoms with van der Waals surface area (Å²) in [7, 11) is 0. The van der Waals surface area contributed by atoms with Gasteiger partial charge in [-0.25, -0.2) is 4.79 Å². The fourth-order valence-electron chi connectivity index (χ4n) is 4.06. The summed E-state index contributed by atoms with van der Waals surface area (Å²) in [4.78, 5) is 31.7. The van der Waals surface area contributed by atoms with E-state index in [1.165, 1.54) is 24.9 Å². The van der Waals surface area contributed by atoms with Gasteiger partial charge in [0.1, 0.15) is 0 Å². The summed E-state index contributed by atoms with van der Waals surface area (Å²) in [6, 6.07) is 12.7. The Morgan fingerprint density at radius 3 is 2.56 bits per heavy atom. The fourth-order valence-corrected chi connectivity index (χ4v) is 4.06. The van der Waals surface area contributed by atoms with Gasteiger partial charge in [-0.2, -0.15) is 0 Å². The first-order valence-corrected chi connectivity index (χ1v) is 11.1. The molecule has 166 valence electrons. The zero-order valence-electron chi connectivity index (χ0n) is 18.5. The molecule has 3 amide bonds. The number of amides is 3. The second-order valence-electron chi connectivity index (χ2n) is 8.39. The number of carbonyl (C=O) groups excluding carboxylic acids is 2. The number of hydrogen-bond donors (Lipinski definition) is 3. The van der Waals surface area contributed by atoms with Crippen molar-refractivity contribution in [1.29, 1.82) is 0 Å². The number of benzene rings is 2. The Balaban J connectivity index is 1.55. The Morgan fingerprint density at radius 2 is 1.78 bits per heavy atom. The molecule has 0 aliphatic carbocycles. The van der Waals surface area contributed by atoms with Gasteiger partial charge in [0, 0.05) is 59.2 Å². The highest BCUT2D eigenvalue weighted by atomic mass is 16.2. The van der Waals surface area contributed by atoms with Crippen LogP contribution in [-0.2, 0) is 0 Å². The minimum absolute atomic E-state index is 0.0243. The van der Waals surface area contributed by atoms with Gasteiger partial charge in [0.2, 0.25) is 0 Å². The van der Waals surface area contributed by atoms with E-state index in [0.29, 0.717) is 11.3 Å². The summed E-state index contributed by atoms with van der Waals surface area (Å²) in [5, 5.41) is 10.5. The average Bonchev–Trinajstić information content (AvgIpc) is 2.79. The minimum atomic E-state index is -0.303. The number of piperidine rings is 1. The molecule has 32 heavy (non-hydrogen) atoms. The van der Waals surface area contributed by atoms with E-state index in [2.05, 4.69) is 31.9 Å². The second-order valence-corrected chi connectivity index (χ2v) is 8.39. The third-order valence-corrected chi connectivity index (χ3v) is 5.54. The summed E-state index contributed by atoms with van der Waals surface area (Å²) in [5.74, 6) is -0.242. The molecule has 0 radical (unpaired) electrons. The van der Waals surface area contributed by atoms with Crippen molar-refractivity contribution in [3.8, 4) is 0 Å². The van der Waals surface area contributed by atoms with Gasteiger partial charge in [0.25, 0.3) is 5.91 Å². The quantitative estimate of drug-likeness (QED) is 0.530. The van der Waals surface area contributed by atoms with Crippen LogP contribution in [0.5, 0.6) is 0 Å². The molecule has 0 unspecified atom stereocenters. The maximum Gasteiger partial charge on any atom is 0.319 e. The van der Waals surface area contributed by atoms with Crippen molar-refractivity contribution in [3.05, 3.63) is 60.4 Å². The summed E-state index contributed by atoms with van der Waals surface area (Å²) in [6.07, 6.45) is 7.26. The van der Waals surface area contributed by atoms with Gasteiger partial charge < -0.3 is 20.9 Å². The number of hydrogen-bond acceptors (Lipinski definition) is 4. The van der Waals surface area contributed by atoms with Gasteiger partial charge >= 0.3 is 6.03 Å². The first kappa shape index (κ1) is 21.6. The minimum Gasteiger partial charge on any atom is -0.371 e. The molecule has 0 spiro atoms. The Labute approximate surface area is 188 Å². The third kappa shape index (κ3) is 4.99. The zero-order valence-corrected chi connectivity index (χ0v) is 18.5. The lowest BCUT2D eigenvalue weighted by molar-refractivity contribution is 0.102. The van der Waals surface area contributed by atoms with Crippen LogP contribution >= 0.6 is 0 Å². The molecule has 1 aromatic heterocycles. The predicted octanol–water partition coefficient (Wildman–Crippen LogP) is 5.01. The molecule has 7 nitrogen and oxygen atoms in total. The van der Waals surface area contributed by atoms with Crippen molar-refractivity contribution >= 4 is 39.8 Å². The number of aromatic nitrogens is 1. The van der Waals surface area contributed by atoms with E-state index in [1.807, 2.05) is 26.0 Å². The van der Waals surface area contributed by atoms with Crippen molar-refractivity contribution < 1.29 is 9.59 Å². The van der Waals surface area contributed by atoms with Crippen molar-refractivity contribution in [2.45, 2.75) is 39.2 Å². The number of nitrogens with one attached hydrogen (secondary N) is 3. The van der Waals surface area contributed by atoms with Crippen LogP contribution in [0.1, 0.15) is 43.5 Å². The van der Waals surface area contributed by atoms with Crippen LogP contribution in [0.15, 0.2) is 54.9 Å². The topological polar surface area (TPSA) is 86.4 Å². The van der Waals surface area contributed by atoms with E-state index < -0.39 is 0 Å². The van der Waals surface area contributed by atoms with Gasteiger partial charge in [-0.05, 0) is 69.5 Å². The largest absolute Gasteiger partial charge is 0.371 e. The Morgan fingerprint density at radius 1 is 0.969 bits per heavy atom. The SMILES string of the molecule is CC(C)NC(=O)Nc1cccc(C(=O)Nc2ccc(N3CCCCC3)c3ccncc23)c1. The van der Waals surface area contributed by atoms with Crippen LogP contribution in [0.4, 0.5) is 21.9 Å². The summed E-state index contributed by atoms with van der Waals surface area (Å²) < 4.78 is 0. The lowest BCUT2D eigenvalue weighted by atomic mass is 10.0. The highest BCUT2D eigenvalue weighted by molar-refractivity contribution is 6.11. The lowest BCUT2D eigenvalue weighted by Crippen LogP contribution is -2.34. The van der Waals surface area contributed by atoms with E-state index in [-0.39, 0.29) is 18.0 Å². The lowest BCUT2D eigenvalue weighted by Gasteiger charge is -2.30. The molecule has 2 aromatic carbocycles. The van der Waals surface area contributed by atoms with Gasteiger partial charge in [-0.1, -0.05) is 6.07 Å². The number of anilines is 3. The number of nitrogens with zero attached hydrogens (tertiary/aromatic N) is 2. The van der Waals surface area contributed by atoms with Crippen LogP contribution < -0.4 is 20.9 Å². The Kier molecular flexibility index (Phi) is 6.54. The monoisotopic (exact) mass is 431 g/mol. The molecule has 1 saturated heterocycles. The molecule has 3 N–H and O–H groups in total. The molecular formula is C25H29N5O2. The average molecular weight is 432 g/mol. The summed E-state index contributed by atoms with van der Waals surface area (Å²) >= 11 is 0. The van der Waals surface area contributed by atoms with Crippen LogP contribution in [-0.4, -0.2) is 36.1 Å². The van der Waals surface area contributed by atoms with Gasteiger partial charge in [0.05, 0.1) is 5.69 Å². The summed E-state index contributed by atoms with van der Waals surface area (Å²) in [6.45, 7) is 5.87. The first-order chi connectivity index (χ1) is 15.5. The number of urea groups is 1. The van der Waals surface area contributed by atoms with Crippen molar-refractivity contribution in [2.24, 2.45) is 0 Å². The van der Waals surface area contributed by atoms with E-state index in [9.17, 15) is 9.59 Å². The van der Waals surface area contributed by atoms with Crippen molar-refractivity contribution in [2.75, 3.05) is 28.6 Å². The molecule has 4 rings (SSSR count). The van der Waals surface area contributed by atoms with E-state index in [4.69, 9.17) is 0 Å². The molecule has 2 heterocycles. The molecule has 0 saturated carbocycles. The van der Waals surface area contributed by atoms with E-state index in [1.54, 1.807) is 36.7 Å². The molecule has 1 aliphatic rings. The molecule has 1 fully saturated rings. The third-order valence-electron chi connectivity index (χ3n) is 5.54. The van der Waals surface area contributed by atoms with E-state index in [0.717, 1.165) is 29.5 Å². The molecule has 0 atom stereocenters. The highest BCUT2D eigenvalue weighted by Crippen LogP contribution is 2.33. The second kappa shape index (κ2) is 9.68.